The summed E-state index contributed by atoms with van der Waals surface area (Å²) in [7, 11) is 0. The highest BCUT2D eigenvalue weighted by molar-refractivity contribution is 5.25. The molecule has 2 aliphatic rings. The Morgan fingerprint density at radius 3 is 2.61 bits per heavy atom. The van der Waals surface area contributed by atoms with Crippen molar-refractivity contribution >= 4 is 0 Å². The number of rotatable bonds is 2. The molecular weight excluding hydrogens is 224 g/mol. The normalized spacial score (nSPS) is 32.7. The van der Waals surface area contributed by atoms with Gasteiger partial charge in [-0.3, -0.25) is 4.90 Å². The Morgan fingerprint density at radius 2 is 1.94 bits per heavy atom. The van der Waals surface area contributed by atoms with Crippen molar-refractivity contribution in [3.05, 3.63) is 35.9 Å². The first kappa shape index (κ1) is 12.2. The van der Waals surface area contributed by atoms with Crippen LogP contribution in [-0.2, 0) is 5.54 Å². The van der Waals surface area contributed by atoms with E-state index >= 15 is 0 Å². The van der Waals surface area contributed by atoms with Crippen molar-refractivity contribution in [2.75, 3.05) is 13.1 Å². The molecule has 2 N–H and O–H groups in total. The first-order chi connectivity index (χ1) is 8.60. The summed E-state index contributed by atoms with van der Waals surface area (Å²) in [6.07, 6.45) is 0.710. The monoisotopic (exact) mass is 246 g/mol. The number of benzene rings is 1. The van der Waals surface area contributed by atoms with E-state index in [0.717, 1.165) is 19.5 Å². The van der Waals surface area contributed by atoms with Crippen LogP contribution in [0.5, 0.6) is 0 Å². The molecule has 3 rings (SSSR count). The minimum Gasteiger partial charge on any atom is -0.391 e. The third-order valence-electron chi connectivity index (χ3n) is 4.57. The van der Waals surface area contributed by atoms with E-state index in [1.54, 1.807) is 0 Å². The topological polar surface area (TPSA) is 35.5 Å². The van der Waals surface area contributed by atoms with Gasteiger partial charge in [-0.1, -0.05) is 30.3 Å². The number of nitrogens with zero attached hydrogens (tertiary/aromatic N) is 1. The molecule has 2 saturated heterocycles. The van der Waals surface area contributed by atoms with E-state index in [1.165, 1.54) is 5.56 Å². The first-order valence-corrected chi connectivity index (χ1v) is 6.83. The zero-order valence-electron chi connectivity index (χ0n) is 11.1. The molecular formula is C15H22N2O. The Hall–Kier alpha value is -0.900. The van der Waals surface area contributed by atoms with Gasteiger partial charge in [0.15, 0.2) is 0 Å². The van der Waals surface area contributed by atoms with Crippen LogP contribution in [0.2, 0.25) is 0 Å². The first-order valence-electron chi connectivity index (χ1n) is 6.83. The Balaban J connectivity index is 1.94. The van der Waals surface area contributed by atoms with Crippen molar-refractivity contribution in [3.63, 3.8) is 0 Å². The standard InChI is InChI=1S/C15H22N2O/c1-15(2,11-6-4-3-5-7-11)17-12-8-14(18)13(17)10-16-9-12/h3-7,12-14,16,18H,8-10H2,1-2H3/t12-,13-,14-/m0/s1. The van der Waals surface area contributed by atoms with Crippen LogP contribution in [0.3, 0.4) is 0 Å². The van der Waals surface area contributed by atoms with Crippen LogP contribution < -0.4 is 5.32 Å². The highest BCUT2D eigenvalue weighted by Gasteiger charge is 2.49. The van der Waals surface area contributed by atoms with Crippen LogP contribution in [0.15, 0.2) is 30.3 Å². The predicted molar refractivity (Wildman–Crippen MR) is 72.4 cm³/mol. The molecule has 3 nitrogen and oxygen atoms in total. The average molecular weight is 246 g/mol. The molecule has 2 aliphatic heterocycles. The van der Waals surface area contributed by atoms with E-state index in [0.29, 0.717) is 6.04 Å². The number of aliphatic hydroxyl groups excluding tert-OH is 1. The Kier molecular flexibility index (Phi) is 2.93. The lowest BCUT2D eigenvalue weighted by molar-refractivity contribution is 0.0143. The molecule has 0 unspecified atom stereocenters. The maximum absolute atomic E-state index is 10.2. The molecule has 2 bridgehead atoms. The van der Waals surface area contributed by atoms with Crippen LogP contribution >= 0.6 is 0 Å². The van der Waals surface area contributed by atoms with Crippen LogP contribution in [0.1, 0.15) is 25.8 Å². The van der Waals surface area contributed by atoms with Crippen LogP contribution in [0.4, 0.5) is 0 Å². The molecule has 3 atom stereocenters. The molecule has 0 saturated carbocycles. The van der Waals surface area contributed by atoms with Gasteiger partial charge in [-0.05, 0) is 25.8 Å². The van der Waals surface area contributed by atoms with Gasteiger partial charge in [-0.25, -0.2) is 0 Å². The van der Waals surface area contributed by atoms with Crippen molar-refractivity contribution in [1.29, 1.82) is 0 Å². The van der Waals surface area contributed by atoms with Crippen LogP contribution in [0, 0.1) is 0 Å². The second kappa shape index (κ2) is 4.34. The minimum atomic E-state index is -0.187. The molecule has 0 aliphatic carbocycles. The molecule has 0 radical (unpaired) electrons. The quantitative estimate of drug-likeness (QED) is 0.826. The highest BCUT2D eigenvalue weighted by atomic mass is 16.3. The fourth-order valence-electron chi connectivity index (χ4n) is 3.69. The second-order valence-corrected chi connectivity index (χ2v) is 6.01. The zero-order valence-corrected chi connectivity index (χ0v) is 11.1. The molecule has 3 heteroatoms. The van der Waals surface area contributed by atoms with Gasteiger partial charge in [0.2, 0.25) is 0 Å². The summed E-state index contributed by atoms with van der Waals surface area (Å²) in [6, 6.07) is 11.3. The third-order valence-corrected chi connectivity index (χ3v) is 4.57. The van der Waals surface area contributed by atoms with Gasteiger partial charge in [0.1, 0.15) is 0 Å². The molecule has 0 amide bonds. The van der Waals surface area contributed by atoms with Gasteiger partial charge in [0, 0.05) is 30.7 Å². The van der Waals surface area contributed by atoms with Gasteiger partial charge in [-0.15, -0.1) is 0 Å². The zero-order chi connectivity index (χ0) is 12.8. The fourth-order valence-corrected chi connectivity index (χ4v) is 3.69. The van der Waals surface area contributed by atoms with Crippen LogP contribution in [-0.4, -0.2) is 41.3 Å². The Bertz CT molecular complexity index is 418. The van der Waals surface area contributed by atoms with Gasteiger partial charge in [0.25, 0.3) is 0 Å². The lowest BCUT2D eigenvalue weighted by Gasteiger charge is -2.46. The summed E-state index contributed by atoms with van der Waals surface area (Å²) >= 11 is 0. The van der Waals surface area contributed by atoms with Gasteiger partial charge in [0.05, 0.1) is 6.10 Å². The third kappa shape index (κ3) is 1.78. The Labute approximate surface area is 109 Å². The van der Waals surface area contributed by atoms with E-state index in [2.05, 4.69) is 54.4 Å². The maximum Gasteiger partial charge on any atom is 0.0723 e. The average Bonchev–Trinajstić information content (AvgIpc) is 2.58. The van der Waals surface area contributed by atoms with Gasteiger partial charge in [-0.2, -0.15) is 0 Å². The molecule has 18 heavy (non-hydrogen) atoms. The molecule has 0 spiro atoms. The van der Waals surface area contributed by atoms with E-state index in [9.17, 15) is 5.11 Å². The summed E-state index contributed by atoms with van der Waals surface area (Å²) in [4.78, 5) is 2.52. The number of aliphatic hydroxyl groups is 1. The van der Waals surface area contributed by atoms with Crippen molar-refractivity contribution < 1.29 is 5.11 Å². The van der Waals surface area contributed by atoms with Gasteiger partial charge < -0.3 is 10.4 Å². The number of nitrogens with one attached hydrogen (secondary N) is 1. The highest BCUT2D eigenvalue weighted by Crippen LogP contribution is 2.39. The van der Waals surface area contributed by atoms with Crippen LogP contribution in [0.25, 0.3) is 0 Å². The predicted octanol–water partition coefficient (Wildman–Crippen LogP) is 1.33. The number of hydrogen-bond acceptors (Lipinski definition) is 3. The lowest BCUT2D eigenvalue weighted by Crippen LogP contribution is -2.59. The SMILES string of the molecule is CC(C)(c1ccccc1)N1[C@@H]2CNC[C@H]1[C@@H](O)C2. The molecule has 1 aromatic carbocycles. The van der Waals surface area contributed by atoms with E-state index < -0.39 is 0 Å². The Morgan fingerprint density at radius 1 is 1.22 bits per heavy atom. The summed E-state index contributed by atoms with van der Waals surface area (Å²) < 4.78 is 0. The van der Waals surface area contributed by atoms with Crippen molar-refractivity contribution in [1.82, 2.24) is 10.2 Å². The number of fused-ring (bicyclic) bond motifs is 2. The van der Waals surface area contributed by atoms with E-state index in [-0.39, 0.29) is 17.7 Å². The molecule has 2 fully saturated rings. The fraction of sp³-hybridized carbons (Fsp3) is 0.600. The maximum atomic E-state index is 10.2. The number of hydrogen-bond donors (Lipinski definition) is 2. The van der Waals surface area contributed by atoms with Gasteiger partial charge >= 0.3 is 0 Å². The minimum absolute atomic E-state index is 0.0177. The molecule has 0 aromatic heterocycles. The molecule has 98 valence electrons. The van der Waals surface area contributed by atoms with Crippen molar-refractivity contribution in [2.24, 2.45) is 0 Å². The lowest BCUT2D eigenvalue weighted by atomic mass is 9.89. The summed E-state index contributed by atoms with van der Waals surface area (Å²) in [6.45, 7) is 6.43. The summed E-state index contributed by atoms with van der Waals surface area (Å²) in [5.74, 6) is 0. The number of piperazine rings is 1. The van der Waals surface area contributed by atoms with Crippen molar-refractivity contribution in [2.45, 2.75) is 44.0 Å². The van der Waals surface area contributed by atoms with E-state index in [1.807, 2.05) is 0 Å². The summed E-state index contributed by atoms with van der Waals surface area (Å²) in [5, 5.41) is 13.6. The second-order valence-electron chi connectivity index (χ2n) is 6.01. The molecule has 2 heterocycles. The molecule has 1 aromatic rings. The van der Waals surface area contributed by atoms with E-state index in [4.69, 9.17) is 0 Å². The summed E-state index contributed by atoms with van der Waals surface area (Å²) in [5.41, 5.74) is 1.31. The smallest absolute Gasteiger partial charge is 0.0723 e. The largest absolute Gasteiger partial charge is 0.391 e. The van der Waals surface area contributed by atoms with Crippen molar-refractivity contribution in [3.8, 4) is 0 Å².